The van der Waals surface area contributed by atoms with Gasteiger partial charge < -0.3 is 8.83 Å². The number of para-hydroxylation sites is 2. The lowest BCUT2D eigenvalue weighted by Crippen LogP contribution is -2.14. The predicted molar refractivity (Wildman–Crippen MR) is 160 cm³/mol. The van der Waals surface area contributed by atoms with Crippen molar-refractivity contribution in [3.05, 3.63) is 117 Å². The summed E-state index contributed by atoms with van der Waals surface area (Å²) >= 11 is 2.35. The summed E-state index contributed by atoms with van der Waals surface area (Å²) in [4.78, 5) is 0. The second-order valence-electron chi connectivity index (χ2n) is 11.1. The first-order valence-corrected chi connectivity index (χ1v) is 13.8. The third-order valence-electron chi connectivity index (χ3n) is 8.20. The molecule has 4 aromatic carbocycles. The molecule has 2 aliphatic carbocycles. The van der Waals surface area contributed by atoms with Gasteiger partial charge in [0.25, 0.3) is 0 Å². The van der Waals surface area contributed by atoms with Crippen LogP contribution in [-0.4, -0.2) is 0 Å². The summed E-state index contributed by atoms with van der Waals surface area (Å²) in [5.74, 6) is 2.11. The Morgan fingerprint density at radius 1 is 0.541 bits per heavy atom. The molecule has 0 N–H and O–H groups in total. The van der Waals surface area contributed by atoms with Crippen molar-refractivity contribution >= 4 is 44.5 Å². The van der Waals surface area contributed by atoms with Crippen LogP contribution in [0, 0.1) is 3.57 Å². The highest BCUT2D eigenvalue weighted by atomic mass is 127. The normalized spacial score (nSPS) is 15.6. The Labute approximate surface area is 230 Å². The van der Waals surface area contributed by atoms with Crippen molar-refractivity contribution in [1.29, 1.82) is 0 Å². The molecule has 0 amide bonds. The molecule has 0 bridgehead atoms. The molecule has 3 heteroatoms. The minimum absolute atomic E-state index is 0.0155. The van der Waals surface area contributed by atoms with E-state index in [4.69, 9.17) is 8.83 Å². The van der Waals surface area contributed by atoms with E-state index in [1.165, 1.54) is 47.7 Å². The minimum Gasteiger partial charge on any atom is -0.456 e. The first-order valence-electron chi connectivity index (χ1n) is 12.7. The second-order valence-corrected chi connectivity index (χ2v) is 12.2. The summed E-state index contributed by atoms with van der Waals surface area (Å²) in [5.41, 5.74) is 9.94. The number of furan rings is 2. The quantitative estimate of drug-likeness (QED) is 0.164. The van der Waals surface area contributed by atoms with Crippen molar-refractivity contribution in [3.8, 4) is 22.6 Å². The SMILES string of the molecule is CC1(C)c2ccccc2-c2oc3c(I)cccc3c21.CC1(C)c2ccccc2-c2oc3ccccc3c21. The van der Waals surface area contributed by atoms with Crippen molar-refractivity contribution in [3.63, 3.8) is 0 Å². The Kier molecular flexibility index (Phi) is 4.85. The zero-order chi connectivity index (χ0) is 25.5. The van der Waals surface area contributed by atoms with Gasteiger partial charge in [-0.05, 0) is 45.9 Å². The van der Waals surface area contributed by atoms with Crippen LogP contribution in [0.2, 0.25) is 0 Å². The van der Waals surface area contributed by atoms with Gasteiger partial charge in [-0.15, -0.1) is 0 Å². The molecule has 0 radical (unpaired) electrons. The molecule has 0 atom stereocenters. The molecule has 6 aromatic rings. The van der Waals surface area contributed by atoms with Crippen LogP contribution in [0.3, 0.4) is 0 Å². The largest absolute Gasteiger partial charge is 0.456 e. The Balaban J connectivity index is 0.000000125. The fourth-order valence-corrected chi connectivity index (χ4v) is 7.08. The number of fused-ring (bicyclic) bond motifs is 10. The molecule has 0 fully saturated rings. The standard InChI is InChI=1S/C17H13IO.C17H14O/c1-17(2)12-8-4-3-6-10(12)16-14(17)11-7-5-9-13(18)15(11)19-16;1-17(2)13-9-5-3-7-11(13)16-15(17)12-8-4-6-10-14(12)18-16/h3-9H,1-2H3;3-10H,1-2H3. The molecule has 2 heterocycles. The highest BCUT2D eigenvalue weighted by molar-refractivity contribution is 14.1. The average Bonchev–Trinajstić information content (AvgIpc) is 3.60. The lowest BCUT2D eigenvalue weighted by molar-refractivity contribution is 0.617. The summed E-state index contributed by atoms with van der Waals surface area (Å²) in [6.07, 6.45) is 0. The van der Waals surface area contributed by atoms with Crippen molar-refractivity contribution in [2.24, 2.45) is 0 Å². The summed E-state index contributed by atoms with van der Waals surface area (Å²) < 4.78 is 13.4. The second kappa shape index (κ2) is 7.84. The smallest absolute Gasteiger partial charge is 0.148 e. The van der Waals surface area contributed by atoms with E-state index in [1.807, 2.05) is 12.1 Å². The van der Waals surface area contributed by atoms with Gasteiger partial charge in [-0.3, -0.25) is 0 Å². The van der Waals surface area contributed by atoms with Crippen molar-refractivity contribution in [2.75, 3.05) is 0 Å². The first kappa shape index (κ1) is 22.9. The lowest BCUT2D eigenvalue weighted by atomic mass is 9.81. The summed E-state index contributed by atoms with van der Waals surface area (Å²) in [6, 6.07) is 31.8. The Hall–Kier alpha value is -3.31. The molecular weight excluding hydrogens is 567 g/mol. The van der Waals surface area contributed by atoms with E-state index in [2.05, 4.69) is 129 Å². The van der Waals surface area contributed by atoms with Gasteiger partial charge in [-0.1, -0.05) is 107 Å². The summed E-state index contributed by atoms with van der Waals surface area (Å²) in [6.45, 7) is 9.12. The molecule has 37 heavy (non-hydrogen) atoms. The van der Waals surface area contributed by atoms with Crippen LogP contribution >= 0.6 is 22.6 Å². The molecule has 182 valence electrons. The highest BCUT2D eigenvalue weighted by Gasteiger charge is 2.41. The Morgan fingerprint density at radius 3 is 1.73 bits per heavy atom. The molecule has 2 aliphatic rings. The van der Waals surface area contributed by atoms with Gasteiger partial charge >= 0.3 is 0 Å². The number of rotatable bonds is 0. The van der Waals surface area contributed by atoms with Crippen molar-refractivity contribution in [2.45, 2.75) is 38.5 Å². The third-order valence-corrected chi connectivity index (χ3v) is 9.05. The fraction of sp³-hybridized carbons (Fsp3) is 0.176. The minimum atomic E-state index is 0.0155. The number of halogens is 1. The third kappa shape index (κ3) is 3.10. The molecule has 2 aromatic heterocycles. The molecule has 0 aliphatic heterocycles. The van der Waals surface area contributed by atoms with Crippen molar-refractivity contribution < 1.29 is 8.83 Å². The number of hydrogen-bond acceptors (Lipinski definition) is 2. The molecular formula is C34H27IO2. The molecule has 0 unspecified atom stereocenters. The summed E-state index contributed by atoms with van der Waals surface area (Å²) in [7, 11) is 0. The molecule has 0 saturated heterocycles. The van der Waals surface area contributed by atoms with Crippen LogP contribution in [0.25, 0.3) is 44.6 Å². The van der Waals surface area contributed by atoms with Crippen LogP contribution in [0.5, 0.6) is 0 Å². The van der Waals surface area contributed by atoms with E-state index in [-0.39, 0.29) is 10.8 Å². The first-order chi connectivity index (χ1) is 17.8. The van der Waals surface area contributed by atoms with Crippen LogP contribution < -0.4 is 0 Å². The zero-order valence-electron chi connectivity index (χ0n) is 21.4. The highest BCUT2D eigenvalue weighted by Crippen LogP contribution is 2.54. The summed E-state index contributed by atoms with van der Waals surface area (Å²) in [5, 5.41) is 2.50. The van der Waals surface area contributed by atoms with Gasteiger partial charge in [0.15, 0.2) is 0 Å². The molecule has 8 rings (SSSR count). The predicted octanol–water partition coefficient (Wildman–Crippen LogP) is 10.1. The van der Waals surface area contributed by atoms with E-state index < -0.39 is 0 Å². The van der Waals surface area contributed by atoms with Gasteiger partial charge in [0.05, 0.1) is 3.57 Å². The Bertz CT molecular complexity index is 1850. The molecule has 2 nitrogen and oxygen atoms in total. The van der Waals surface area contributed by atoms with Crippen molar-refractivity contribution in [1.82, 2.24) is 0 Å². The average molecular weight is 594 g/mol. The van der Waals surface area contributed by atoms with E-state index in [1.54, 1.807) is 0 Å². The monoisotopic (exact) mass is 594 g/mol. The topological polar surface area (TPSA) is 26.3 Å². The van der Waals surface area contributed by atoms with Gasteiger partial charge in [0.2, 0.25) is 0 Å². The van der Waals surface area contributed by atoms with Crippen LogP contribution in [0.1, 0.15) is 49.9 Å². The van der Waals surface area contributed by atoms with Crippen LogP contribution in [0.4, 0.5) is 0 Å². The molecule has 0 saturated carbocycles. The van der Waals surface area contributed by atoms with E-state index in [0.717, 1.165) is 22.7 Å². The van der Waals surface area contributed by atoms with Gasteiger partial charge in [0, 0.05) is 43.9 Å². The number of hydrogen-bond donors (Lipinski definition) is 0. The van der Waals surface area contributed by atoms with Gasteiger partial charge in [-0.2, -0.15) is 0 Å². The molecule has 0 spiro atoms. The van der Waals surface area contributed by atoms with E-state index in [0.29, 0.717) is 0 Å². The van der Waals surface area contributed by atoms with Gasteiger partial charge in [0.1, 0.15) is 22.7 Å². The zero-order valence-corrected chi connectivity index (χ0v) is 23.5. The Morgan fingerprint density at radius 2 is 1.05 bits per heavy atom. The lowest BCUT2D eigenvalue weighted by Gasteiger charge is -2.20. The van der Waals surface area contributed by atoms with E-state index >= 15 is 0 Å². The fourth-order valence-electron chi connectivity index (χ4n) is 6.47. The van der Waals surface area contributed by atoms with Gasteiger partial charge in [-0.25, -0.2) is 0 Å². The van der Waals surface area contributed by atoms with Crippen LogP contribution in [0.15, 0.2) is 99.8 Å². The van der Waals surface area contributed by atoms with E-state index in [9.17, 15) is 0 Å². The van der Waals surface area contributed by atoms with Crippen LogP contribution in [-0.2, 0) is 10.8 Å². The maximum absolute atomic E-state index is 6.20. The number of benzene rings is 4. The maximum Gasteiger partial charge on any atom is 0.148 e. The maximum atomic E-state index is 6.20.